The zero-order chi connectivity index (χ0) is 18.2. The number of hydrogen-bond acceptors (Lipinski definition) is 5. The predicted molar refractivity (Wildman–Crippen MR) is 94.0 cm³/mol. The Morgan fingerprint density at radius 2 is 1.92 bits per heavy atom. The molecule has 0 spiro atoms. The molecule has 132 valence electrons. The number of hydrogen-bond donors (Lipinski definition) is 1. The van der Waals surface area contributed by atoms with Crippen LogP contribution in [-0.2, 0) is 17.8 Å². The van der Waals surface area contributed by atoms with E-state index in [0.717, 1.165) is 5.56 Å². The molecule has 2 N–H and O–H groups in total. The van der Waals surface area contributed by atoms with Gasteiger partial charge in [-0.25, -0.2) is 0 Å². The molecule has 0 heterocycles. The summed E-state index contributed by atoms with van der Waals surface area (Å²) in [5.74, 6) is -0.685. The molecule has 0 radical (unpaired) electrons. The van der Waals surface area contributed by atoms with Crippen LogP contribution in [-0.4, -0.2) is 36.0 Å². The fourth-order valence-corrected chi connectivity index (χ4v) is 2.54. The molecule has 0 saturated carbocycles. The van der Waals surface area contributed by atoms with Crippen molar-refractivity contribution < 1.29 is 14.5 Å². The molecular formula is C18H21N3O4. The number of ether oxygens (including phenoxy) is 1. The van der Waals surface area contributed by atoms with Gasteiger partial charge in [0.05, 0.1) is 11.5 Å². The standard InChI is InChI=1S/C18H21N3O4/c1-25-10-9-20(12-14-5-3-2-4-6-14)13-16-8-7-15(18(19)22)11-17(16)21(23)24/h2-8,11H,9-10,12-13H2,1H3,(H2,19,22). The molecule has 0 aliphatic carbocycles. The number of carbonyl (C=O) groups is 1. The molecule has 0 bridgehead atoms. The average Bonchev–Trinajstić information content (AvgIpc) is 2.60. The summed E-state index contributed by atoms with van der Waals surface area (Å²) in [4.78, 5) is 24.2. The second kappa shape index (κ2) is 8.91. The fraction of sp³-hybridized carbons (Fsp3) is 0.278. The van der Waals surface area contributed by atoms with Crippen LogP contribution in [0.25, 0.3) is 0 Å². The van der Waals surface area contributed by atoms with E-state index in [-0.39, 0.29) is 11.3 Å². The van der Waals surface area contributed by atoms with Gasteiger partial charge in [0.15, 0.2) is 0 Å². The predicted octanol–water partition coefficient (Wildman–Crippen LogP) is 2.34. The molecule has 25 heavy (non-hydrogen) atoms. The van der Waals surface area contributed by atoms with Crippen LogP contribution in [0.15, 0.2) is 48.5 Å². The molecule has 2 aromatic rings. The van der Waals surface area contributed by atoms with Crippen LogP contribution in [0.3, 0.4) is 0 Å². The minimum atomic E-state index is -0.685. The third-order valence-electron chi connectivity index (χ3n) is 3.82. The molecule has 2 rings (SSSR count). The van der Waals surface area contributed by atoms with E-state index in [0.29, 0.717) is 31.8 Å². The van der Waals surface area contributed by atoms with Crippen molar-refractivity contribution in [2.45, 2.75) is 13.1 Å². The monoisotopic (exact) mass is 343 g/mol. The van der Waals surface area contributed by atoms with E-state index in [1.54, 1.807) is 13.2 Å². The van der Waals surface area contributed by atoms with E-state index >= 15 is 0 Å². The van der Waals surface area contributed by atoms with Gasteiger partial charge >= 0.3 is 0 Å². The first-order valence-electron chi connectivity index (χ1n) is 7.83. The summed E-state index contributed by atoms with van der Waals surface area (Å²) in [5, 5.41) is 11.4. The molecule has 0 aliphatic rings. The largest absolute Gasteiger partial charge is 0.383 e. The van der Waals surface area contributed by atoms with Crippen LogP contribution in [0.1, 0.15) is 21.5 Å². The number of carbonyl (C=O) groups excluding carboxylic acids is 1. The summed E-state index contributed by atoms with van der Waals surface area (Å²) in [6, 6.07) is 14.2. The number of nitro benzene ring substituents is 1. The number of nitrogens with two attached hydrogens (primary N) is 1. The summed E-state index contributed by atoms with van der Waals surface area (Å²) in [6.45, 7) is 2.15. The van der Waals surface area contributed by atoms with Crippen molar-refractivity contribution >= 4 is 11.6 Å². The number of primary amides is 1. The quantitative estimate of drug-likeness (QED) is 0.556. The maximum absolute atomic E-state index is 11.4. The van der Waals surface area contributed by atoms with Gasteiger partial charge in [-0.15, -0.1) is 0 Å². The second-order valence-corrected chi connectivity index (χ2v) is 5.65. The van der Waals surface area contributed by atoms with Gasteiger partial charge in [0.25, 0.3) is 5.69 Å². The number of nitro groups is 1. The van der Waals surface area contributed by atoms with Crippen LogP contribution < -0.4 is 5.73 Å². The maximum Gasteiger partial charge on any atom is 0.274 e. The lowest BCUT2D eigenvalue weighted by Gasteiger charge is -2.22. The molecule has 7 nitrogen and oxygen atoms in total. The van der Waals surface area contributed by atoms with Crippen LogP contribution >= 0.6 is 0 Å². The second-order valence-electron chi connectivity index (χ2n) is 5.65. The Kier molecular flexibility index (Phi) is 6.62. The van der Waals surface area contributed by atoms with Gasteiger partial charge in [-0.1, -0.05) is 36.4 Å². The summed E-state index contributed by atoms with van der Waals surface area (Å²) < 4.78 is 5.14. The van der Waals surface area contributed by atoms with Gasteiger partial charge < -0.3 is 10.5 Å². The van der Waals surface area contributed by atoms with Gasteiger partial charge in [0.1, 0.15) is 0 Å². The van der Waals surface area contributed by atoms with Crippen molar-refractivity contribution in [1.82, 2.24) is 4.90 Å². The normalized spacial score (nSPS) is 10.8. The minimum absolute atomic E-state index is 0.105. The van der Waals surface area contributed by atoms with E-state index in [1.165, 1.54) is 12.1 Å². The first-order chi connectivity index (χ1) is 12.0. The highest BCUT2D eigenvalue weighted by molar-refractivity contribution is 5.93. The Balaban J connectivity index is 2.24. The molecule has 0 saturated heterocycles. The number of benzene rings is 2. The summed E-state index contributed by atoms with van der Waals surface area (Å²) in [6.07, 6.45) is 0. The Hall–Kier alpha value is -2.77. The van der Waals surface area contributed by atoms with E-state index < -0.39 is 10.8 Å². The van der Waals surface area contributed by atoms with Crippen molar-refractivity contribution in [3.8, 4) is 0 Å². The van der Waals surface area contributed by atoms with Crippen LogP contribution in [0.4, 0.5) is 5.69 Å². The van der Waals surface area contributed by atoms with Gasteiger partial charge in [-0.2, -0.15) is 0 Å². The first-order valence-corrected chi connectivity index (χ1v) is 7.83. The lowest BCUT2D eigenvalue weighted by atomic mass is 10.1. The van der Waals surface area contributed by atoms with Crippen molar-refractivity contribution in [2.75, 3.05) is 20.3 Å². The molecule has 0 atom stereocenters. The smallest absolute Gasteiger partial charge is 0.274 e. The molecule has 7 heteroatoms. The van der Waals surface area contributed by atoms with Crippen LogP contribution in [0.2, 0.25) is 0 Å². The molecule has 0 aliphatic heterocycles. The van der Waals surface area contributed by atoms with Gasteiger partial charge in [0, 0.05) is 43.9 Å². The van der Waals surface area contributed by atoms with E-state index in [4.69, 9.17) is 10.5 Å². The number of rotatable bonds is 9. The van der Waals surface area contributed by atoms with Crippen LogP contribution in [0.5, 0.6) is 0 Å². The molecule has 0 fully saturated rings. The van der Waals surface area contributed by atoms with Gasteiger partial charge in [0.2, 0.25) is 5.91 Å². The molecular weight excluding hydrogens is 322 g/mol. The SMILES string of the molecule is COCCN(Cc1ccccc1)Cc1ccc(C(N)=O)cc1[N+](=O)[O-]. The fourth-order valence-electron chi connectivity index (χ4n) is 2.54. The topological polar surface area (TPSA) is 98.7 Å². The number of methoxy groups -OCH3 is 1. The maximum atomic E-state index is 11.4. The average molecular weight is 343 g/mol. The first kappa shape index (κ1) is 18.6. The van der Waals surface area contributed by atoms with Crippen molar-refractivity contribution in [3.63, 3.8) is 0 Å². The zero-order valence-corrected chi connectivity index (χ0v) is 14.1. The van der Waals surface area contributed by atoms with Crippen LogP contribution in [0, 0.1) is 10.1 Å². The Labute approximate surface area is 146 Å². The number of nitrogens with zero attached hydrogens (tertiary/aromatic N) is 2. The summed E-state index contributed by atoms with van der Waals surface area (Å²) in [5.41, 5.74) is 6.87. The summed E-state index contributed by atoms with van der Waals surface area (Å²) >= 11 is 0. The van der Waals surface area contributed by atoms with Gasteiger partial charge in [-0.3, -0.25) is 19.8 Å². The molecule has 1 amide bonds. The Morgan fingerprint density at radius 3 is 2.52 bits per heavy atom. The van der Waals surface area contributed by atoms with Gasteiger partial charge in [-0.05, 0) is 11.6 Å². The van der Waals surface area contributed by atoms with E-state index in [1.807, 2.05) is 30.3 Å². The highest BCUT2D eigenvalue weighted by Gasteiger charge is 2.19. The third kappa shape index (κ3) is 5.37. The molecule has 0 aromatic heterocycles. The van der Waals surface area contributed by atoms with E-state index in [2.05, 4.69) is 4.90 Å². The summed E-state index contributed by atoms with van der Waals surface area (Å²) in [7, 11) is 1.62. The highest BCUT2D eigenvalue weighted by Crippen LogP contribution is 2.22. The lowest BCUT2D eigenvalue weighted by Crippen LogP contribution is -2.27. The Morgan fingerprint density at radius 1 is 1.20 bits per heavy atom. The molecule has 2 aromatic carbocycles. The Bertz CT molecular complexity index is 734. The van der Waals surface area contributed by atoms with E-state index in [9.17, 15) is 14.9 Å². The van der Waals surface area contributed by atoms with Crippen molar-refractivity contribution in [1.29, 1.82) is 0 Å². The third-order valence-corrected chi connectivity index (χ3v) is 3.82. The van der Waals surface area contributed by atoms with Crippen molar-refractivity contribution in [3.05, 3.63) is 75.3 Å². The highest BCUT2D eigenvalue weighted by atomic mass is 16.6. The number of amides is 1. The zero-order valence-electron chi connectivity index (χ0n) is 14.1. The minimum Gasteiger partial charge on any atom is -0.383 e. The molecule has 0 unspecified atom stereocenters. The van der Waals surface area contributed by atoms with Crippen molar-refractivity contribution in [2.24, 2.45) is 5.73 Å². The lowest BCUT2D eigenvalue weighted by molar-refractivity contribution is -0.385.